The predicted molar refractivity (Wildman–Crippen MR) is 50.8 cm³/mol. The van der Waals surface area contributed by atoms with Crippen LogP contribution < -0.4 is 0 Å². The van der Waals surface area contributed by atoms with Crippen molar-refractivity contribution in [2.75, 3.05) is 5.88 Å². The van der Waals surface area contributed by atoms with Crippen molar-refractivity contribution < 1.29 is 14.3 Å². The number of Topliss-reactive ketones (excluding diaryl/α,β-unsaturated/α-hetero) is 1. The Kier molecular flexibility index (Phi) is 3.27. The van der Waals surface area contributed by atoms with Gasteiger partial charge in [-0.05, 0) is 28.1 Å². The standard InChI is InChI=1S/C8H5BrClFO2/c9-7-5(12)2-1-4(8(7)11)6(13)3-10/h1-2,12H,3H2. The number of carbonyl (C=O) groups excluding carboxylic acids is 1. The fourth-order valence-electron chi connectivity index (χ4n) is 0.827. The van der Waals surface area contributed by atoms with Gasteiger partial charge in [-0.2, -0.15) is 0 Å². The highest BCUT2D eigenvalue weighted by atomic mass is 79.9. The Bertz CT molecular complexity index is 354. The third-order valence-corrected chi connectivity index (χ3v) is 2.48. The zero-order valence-electron chi connectivity index (χ0n) is 6.35. The lowest BCUT2D eigenvalue weighted by Crippen LogP contribution is -2.03. The van der Waals surface area contributed by atoms with Crippen LogP contribution in [0.1, 0.15) is 10.4 Å². The van der Waals surface area contributed by atoms with E-state index in [1.165, 1.54) is 12.1 Å². The number of hydrogen-bond acceptors (Lipinski definition) is 2. The zero-order valence-corrected chi connectivity index (χ0v) is 8.69. The molecule has 0 spiro atoms. The number of benzene rings is 1. The summed E-state index contributed by atoms with van der Waals surface area (Å²) in [7, 11) is 0. The number of phenolic OH excluding ortho intramolecular Hbond substituents is 1. The Morgan fingerprint density at radius 3 is 2.77 bits per heavy atom. The SMILES string of the molecule is O=C(CCl)c1ccc(O)c(Br)c1F. The number of phenols is 1. The normalized spacial score (nSPS) is 10.1. The van der Waals surface area contributed by atoms with E-state index < -0.39 is 11.6 Å². The Balaban J connectivity index is 3.26. The smallest absolute Gasteiger partial charge is 0.180 e. The van der Waals surface area contributed by atoms with E-state index in [2.05, 4.69) is 15.9 Å². The van der Waals surface area contributed by atoms with E-state index in [1.807, 2.05) is 0 Å². The summed E-state index contributed by atoms with van der Waals surface area (Å²) in [6, 6.07) is 2.42. The van der Waals surface area contributed by atoms with Gasteiger partial charge >= 0.3 is 0 Å². The van der Waals surface area contributed by atoms with E-state index >= 15 is 0 Å². The lowest BCUT2D eigenvalue weighted by atomic mass is 10.1. The summed E-state index contributed by atoms with van der Waals surface area (Å²) in [6.45, 7) is 0. The van der Waals surface area contributed by atoms with Gasteiger partial charge < -0.3 is 5.11 Å². The Labute approximate surface area is 87.5 Å². The number of carbonyl (C=O) groups is 1. The van der Waals surface area contributed by atoms with Crippen LogP contribution in [0.4, 0.5) is 4.39 Å². The van der Waals surface area contributed by atoms with E-state index in [1.54, 1.807) is 0 Å². The molecular weight excluding hydrogens is 262 g/mol. The molecule has 0 amide bonds. The van der Waals surface area contributed by atoms with Crippen LogP contribution in [0.2, 0.25) is 0 Å². The Morgan fingerprint density at radius 2 is 2.23 bits per heavy atom. The first kappa shape index (κ1) is 10.5. The molecule has 0 aliphatic rings. The van der Waals surface area contributed by atoms with Crippen LogP contribution in [0.25, 0.3) is 0 Å². The maximum Gasteiger partial charge on any atom is 0.180 e. The highest BCUT2D eigenvalue weighted by Crippen LogP contribution is 2.28. The second-order valence-electron chi connectivity index (χ2n) is 2.32. The van der Waals surface area contributed by atoms with Gasteiger partial charge in [-0.3, -0.25) is 4.79 Å². The molecule has 0 aliphatic heterocycles. The molecule has 0 aromatic heterocycles. The molecule has 70 valence electrons. The lowest BCUT2D eigenvalue weighted by molar-refractivity contribution is 0.101. The topological polar surface area (TPSA) is 37.3 Å². The largest absolute Gasteiger partial charge is 0.507 e. The molecule has 0 saturated heterocycles. The molecule has 0 radical (unpaired) electrons. The van der Waals surface area contributed by atoms with Crippen molar-refractivity contribution in [2.45, 2.75) is 0 Å². The van der Waals surface area contributed by atoms with Gasteiger partial charge in [-0.25, -0.2) is 4.39 Å². The molecule has 0 fully saturated rings. The second kappa shape index (κ2) is 4.07. The fourth-order valence-corrected chi connectivity index (χ4v) is 1.32. The van der Waals surface area contributed by atoms with Crippen LogP contribution in [0.5, 0.6) is 5.75 Å². The van der Waals surface area contributed by atoms with Gasteiger partial charge in [0.05, 0.1) is 15.9 Å². The highest BCUT2D eigenvalue weighted by Gasteiger charge is 2.15. The predicted octanol–water partition coefficient (Wildman–Crippen LogP) is 2.72. The molecule has 0 unspecified atom stereocenters. The highest BCUT2D eigenvalue weighted by molar-refractivity contribution is 9.10. The van der Waals surface area contributed by atoms with Gasteiger partial charge in [0.15, 0.2) is 11.6 Å². The Hall–Kier alpha value is -0.610. The van der Waals surface area contributed by atoms with E-state index in [-0.39, 0.29) is 21.7 Å². The summed E-state index contributed by atoms with van der Waals surface area (Å²) in [5.74, 6) is -1.83. The molecule has 1 N–H and O–H groups in total. The molecule has 5 heteroatoms. The molecule has 0 saturated carbocycles. The molecule has 0 heterocycles. The van der Waals surface area contributed by atoms with Crippen molar-refractivity contribution in [3.63, 3.8) is 0 Å². The quantitative estimate of drug-likeness (QED) is 0.661. The van der Waals surface area contributed by atoms with Crippen molar-refractivity contribution in [3.8, 4) is 5.75 Å². The third kappa shape index (κ3) is 2.00. The molecule has 13 heavy (non-hydrogen) atoms. The molecule has 0 bridgehead atoms. The zero-order chi connectivity index (χ0) is 10.0. The third-order valence-electron chi connectivity index (χ3n) is 1.48. The van der Waals surface area contributed by atoms with Crippen molar-refractivity contribution in [1.29, 1.82) is 0 Å². The van der Waals surface area contributed by atoms with Crippen LogP contribution in [0.3, 0.4) is 0 Å². The minimum absolute atomic E-state index is 0.122. The van der Waals surface area contributed by atoms with Crippen LogP contribution in [0, 0.1) is 5.82 Å². The number of ketones is 1. The van der Waals surface area contributed by atoms with E-state index in [0.29, 0.717) is 0 Å². The number of alkyl halides is 1. The minimum Gasteiger partial charge on any atom is -0.507 e. The fraction of sp³-hybridized carbons (Fsp3) is 0.125. The van der Waals surface area contributed by atoms with Crippen LogP contribution in [-0.2, 0) is 0 Å². The molecule has 0 atom stereocenters. The summed E-state index contributed by atoms with van der Waals surface area (Å²) < 4.78 is 13.1. The summed E-state index contributed by atoms with van der Waals surface area (Å²) in [5, 5.41) is 9.05. The van der Waals surface area contributed by atoms with Crippen molar-refractivity contribution in [3.05, 3.63) is 28.0 Å². The number of rotatable bonds is 2. The van der Waals surface area contributed by atoms with Gasteiger partial charge in [0, 0.05) is 0 Å². The number of halogens is 3. The molecule has 1 aromatic rings. The first-order valence-corrected chi connectivity index (χ1v) is 4.66. The summed E-state index contributed by atoms with van der Waals surface area (Å²) >= 11 is 8.06. The van der Waals surface area contributed by atoms with Crippen molar-refractivity contribution in [1.82, 2.24) is 0 Å². The maximum atomic E-state index is 13.2. The van der Waals surface area contributed by atoms with Crippen molar-refractivity contribution in [2.24, 2.45) is 0 Å². The lowest BCUT2D eigenvalue weighted by Gasteiger charge is -2.02. The number of hydrogen-bond donors (Lipinski definition) is 1. The summed E-state index contributed by atoms with van der Waals surface area (Å²) in [5.41, 5.74) is -0.125. The first-order valence-electron chi connectivity index (χ1n) is 3.34. The maximum absolute atomic E-state index is 13.2. The average Bonchev–Trinajstić information content (AvgIpc) is 2.13. The van der Waals surface area contributed by atoms with Crippen LogP contribution in [-0.4, -0.2) is 16.8 Å². The van der Waals surface area contributed by atoms with Gasteiger partial charge in [-0.1, -0.05) is 0 Å². The van der Waals surface area contributed by atoms with Gasteiger partial charge in [0.25, 0.3) is 0 Å². The number of aromatic hydroxyl groups is 1. The molecule has 0 aliphatic carbocycles. The van der Waals surface area contributed by atoms with E-state index in [0.717, 1.165) is 0 Å². The van der Waals surface area contributed by atoms with Crippen LogP contribution >= 0.6 is 27.5 Å². The van der Waals surface area contributed by atoms with E-state index in [9.17, 15) is 9.18 Å². The second-order valence-corrected chi connectivity index (χ2v) is 3.38. The molecule has 2 nitrogen and oxygen atoms in total. The monoisotopic (exact) mass is 266 g/mol. The molecule has 1 aromatic carbocycles. The first-order chi connectivity index (χ1) is 6.07. The average molecular weight is 267 g/mol. The molecular formula is C8H5BrClFO2. The summed E-state index contributed by atoms with van der Waals surface area (Å²) in [4.78, 5) is 11.0. The van der Waals surface area contributed by atoms with Gasteiger partial charge in [0.2, 0.25) is 0 Å². The Morgan fingerprint density at radius 1 is 1.62 bits per heavy atom. The van der Waals surface area contributed by atoms with Crippen LogP contribution in [0.15, 0.2) is 16.6 Å². The van der Waals surface area contributed by atoms with Gasteiger partial charge in [-0.15, -0.1) is 11.6 Å². The van der Waals surface area contributed by atoms with Crippen molar-refractivity contribution >= 4 is 33.3 Å². The summed E-state index contributed by atoms with van der Waals surface area (Å²) in [6.07, 6.45) is 0. The minimum atomic E-state index is -0.786. The van der Waals surface area contributed by atoms with E-state index in [4.69, 9.17) is 16.7 Å². The molecule has 1 rings (SSSR count). The van der Waals surface area contributed by atoms with Gasteiger partial charge in [0.1, 0.15) is 5.75 Å².